The van der Waals surface area contributed by atoms with Gasteiger partial charge in [-0.25, -0.2) is 9.67 Å². The van der Waals surface area contributed by atoms with Gasteiger partial charge in [0.25, 0.3) is 0 Å². The summed E-state index contributed by atoms with van der Waals surface area (Å²) < 4.78 is 7.09. The molecule has 100 valence electrons. The Labute approximate surface area is 116 Å². The lowest BCUT2D eigenvalue weighted by molar-refractivity contribution is 0.411. The van der Waals surface area contributed by atoms with Gasteiger partial charge < -0.3 is 10.5 Å². The number of aromatic nitrogens is 3. The lowest BCUT2D eigenvalue weighted by atomic mass is 10.3. The molecule has 3 rings (SSSR count). The summed E-state index contributed by atoms with van der Waals surface area (Å²) in [5, 5.41) is 5.18. The van der Waals surface area contributed by atoms with Crippen LogP contribution in [0, 0.1) is 0 Å². The Morgan fingerprint density at radius 1 is 1.47 bits per heavy atom. The third-order valence-corrected chi connectivity index (χ3v) is 3.42. The fourth-order valence-corrected chi connectivity index (χ4v) is 2.20. The third-order valence-electron chi connectivity index (χ3n) is 3.18. The zero-order valence-electron chi connectivity index (χ0n) is 10.6. The molecule has 2 N–H and O–H groups in total. The van der Waals surface area contributed by atoms with Crippen LogP contribution in [0.2, 0.25) is 5.02 Å². The quantitative estimate of drug-likeness (QED) is 0.932. The van der Waals surface area contributed by atoms with Crippen molar-refractivity contribution in [3.63, 3.8) is 0 Å². The van der Waals surface area contributed by atoms with E-state index in [4.69, 9.17) is 22.1 Å². The molecule has 1 heterocycles. The molecule has 0 spiro atoms. The highest BCUT2D eigenvalue weighted by atomic mass is 35.5. The van der Waals surface area contributed by atoms with E-state index in [-0.39, 0.29) is 0 Å². The van der Waals surface area contributed by atoms with Crippen LogP contribution in [-0.4, -0.2) is 21.9 Å². The molecule has 0 atom stereocenters. The Morgan fingerprint density at radius 2 is 2.26 bits per heavy atom. The summed E-state index contributed by atoms with van der Waals surface area (Å²) in [6.07, 6.45) is 2.31. The van der Waals surface area contributed by atoms with Gasteiger partial charge in [-0.1, -0.05) is 11.6 Å². The smallest absolute Gasteiger partial charge is 0.154 e. The molecule has 0 radical (unpaired) electrons. The van der Waals surface area contributed by atoms with E-state index in [9.17, 15) is 0 Å². The first-order chi connectivity index (χ1) is 9.22. The van der Waals surface area contributed by atoms with Crippen LogP contribution in [0.4, 0.5) is 0 Å². The van der Waals surface area contributed by atoms with Crippen LogP contribution in [0.3, 0.4) is 0 Å². The first-order valence-electron chi connectivity index (χ1n) is 6.22. The number of hydrogen-bond donors (Lipinski definition) is 1. The highest BCUT2D eigenvalue weighted by Crippen LogP contribution is 2.38. The van der Waals surface area contributed by atoms with E-state index < -0.39 is 0 Å². The maximum absolute atomic E-state index is 6.05. The van der Waals surface area contributed by atoms with Crippen molar-refractivity contribution >= 4 is 11.6 Å². The van der Waals surface area contributed by atoms with Gasteiger partial charge in [-0.3, -0.25) is 0 Å². The summed E-state index contributed by atoms with van der Waals surface area (Å²) in [6, 6.07) is 5.41. The average Bonchev–Trinajstić information content (AvgIpc) is 3.18. The second kappa shape index (κ2) is 4.83. The molecule has 0 saturated heterocycles. The molecule has 1 aliphatic carbocycles. The second-order valence-corrected chi connectivity index (χ2v) is 5.03. The first kappa shape index (κ1) is 12.4. The molecule has 19 heavy (non-hydrogen) atoms. The van der Waals surface area contributed by atoms with Gasteiger partial charge in [0.05, 0.1) is 13.7 Å². The number of nitrogens with two attached hydrogens (primary N) is 1. The minimum absolute atomic E-state index is 0.329. The number of benzene rings is 1. The maximum atomic E-state index is 6.05. The maximum Gasteiger partial charge on any atom is 0.154 e. The van der Waals surface area contributed by atoms with Crippen molar-refractivity contribution in [2.45, 2.75) is 25.3 Å². The second-order valence-electron chi connectivity index (χ2n) is 4.59. The topological polar surface area (TPSA) is 66.0 Å². The van der Waals surface area contributed by atoms with Crippen molar-refractivity contribution in [3.05, 3.63) is 34.9 Å². The monoisotopic (exact) mass is 278 g/mol. The molecule has 1 aliphatic rings. The Kier molecular flexibility index (Phi) is 3.16. The van der Waals surface area contributed by atoms with Gasteiger partial charge in [0.15, 0.2) is 5.82 Å². The SMILES string of the molecule is COc1ccc(Cl)cc1-n1nc(C2CC2)nc1CN. The summed E-state index contributed by atoms with van der Waals surface area (Å²) in [7, 11) is 1.62. The highest BCUT2D eigenvalue weighted by Gasteiger charge is 2.29. The highest BCUT2D eigenvalue weighted by molar-refractivity contribution is 6.30. The number of halogens is 1. The fraction of sp³-hybridized carbons (Fsp3) is 0.385. The van der Waals surface area contributed by atoms with E-state index >= 15 is 0 Å². The van der Waals surface area contributed by atoms with Crippen LogP contribution in [0.5, 0.6) is 5.75 Å². The molecule has 1 aromatic heterocycles. The number of hydrogen-bond acceptors (Lipinski definition) is 4. The Balaban J connectivity index is 2.12. The van der Waals surface area contributed by atoms with Gasteiger partial charge in [-0.05, 0) is 31.0 Å². The van der Waals surface area contributed by atoms with Crippen LogP contribution in [0.1, 0.15) is 30.4 Å². The predicted molar refractivity (Wildman–Crippen MR) is 72.8 cm³/mol. The van der Waals surface area contributed by atoms with Crippen molar-refractivity contribution in [2.24, 2.45) is 5.73 Å². The number of methoxy groups -OCH3 is 1. The van der Waals surface area contributed by atoms with Crippen molar-refractivity contribution in [1.29, 1.82) is 0 Å². The molecule has 6 heteroatoms. The molecule has 1 aromatic carbocycles. The lowest BCUT2D eigenvalue weighted by Crippen LogP contribution is -2.09. The van der Waals surface area contributed by atoms with Crippen LogP contribution in [0.15, 0.2) is 18.2 Å². The fourth-order valence-electron chi connectivity index (χ4n) is 2.03. The molecule has 0 unspecified atom stereocenters. The van der Waals surface area contributed by atoms with Gasteiger partial charge in [-0.2, -0.15) is 5.10 Å². The molecule has 2 aromatic rings. The third kappa shape index (κ3) is 2.31. The minimum Gasteiger partial charge on any atom is -0.494 e. The van der Waals surface area contributed by atoms with Crippen molar-refractivity contribution in [2.75, 3.05) is 7.11 Å². The van der Waals surface area contributed by atoms with E-state index in [0.29, 0.717) is 23.2 Å². The largest absolute Gasteiger partial charge is 0.494 e. The molecule has 0 bridgehead atoms. The van der Waals surface area contributed by atoms with Crippen LogP contribution >= 0.6 is 11.6 Å². The van der Waals surface area contributed by atoms with Gasteiger partial charge in [0, 0.05) is 10.9 Å². The average molecular weight is 279 g/mol. The standard InChI is InChI=1S/C13H15ClN4O/c1-19-11-5-4-9(14)6-10(11)18-12(7-15)16-13(17-18)8-2-3-8/h4-6,8H,2-3,7,15H2,1H3. The summed E-state index contributed by atoms with van der Waals surface area (Å²) >= 11 is 6.05. The van der Waals surface area contributed by atoms with E-state index in [1.54, 1.807) is 17.9 Å². The molecular formula is C13H15ClN4O. The predicted octanol–water partition coefficient (Wildman–Crippen LogP) is 2.27. The summed E-state index contributed by atoms with van der Waals surface area (Å²) in [5.41, 5.74) is 6.53. The summed E-state index contributed by atoms with van der Waals surface area (Å²) in [5.74, 6) is 2.77. The van der Waals surface area contributed by atoms with Crippen LogP contribution in [0.25, 0.3) is 5.69 Å². The number of rotatable bonds is 4. The minimum atomic E-state index is 0.329. The summed E-state index contributed by atoms with van der Waals surface area (Å²) in [4.78, 5) is 4.50. The molecule has 1 fully saturated rings. The van der Waals surface area contributed by atoms with Crippen molar-refractivity contribution in [3.8, 4) is 11.4 Å². The van der Waals surface area contributed by atoms with E-state index in [2.05, 4.69) is 10.1 Å². The Morgan fingerprint density at radius 3 is 2.89 bits per heavy atom. The molecule has 5 nitrogen and oxygen atoms in total. The normalized spacial score (nSPS) is 14.7. The molecule has 0 aliphatic heterocycles. The van der Waals surface area contributed by atoms with Gasteiger partial charge in [0.2, 0.25) is 0 Å². The van der Waals surface area contributed by atoms with Crippen molar-refractivity contribution < 1.29 is 4.74 Å². The number of nitrogens with zero attached hydrogens (tertiary/aromatic N) is 3. The van der Waals surface area contributed by atoms with E-state index in [0.717, 1.165) is 30.2 Å². The van der Waals surface area contributed by atoms with Crippen molar-refractivity contribution in [1.82, 2.24) is 14.8 Å². The zero-order chi connectivity index (χ0) is 13.4. The number of ether oxygens (including phenoxy) is 1. The van der Waals surface area contributed by atoms with Crippen LogP contribution in [-0.2, 0) is 6.54 Å². The van der Waals surface area contributed by atoms with Gasteiger partial charge >= 0.3 is 0 Å². The molecule has 0 amide bonds. The van der Waals surface area contributed by atoms with Gasteiger partial charge in [-0.15, -0.1) is 0 Å². The first-order valence-corrected chi connectivity index (χ1v) is 6.60. The van der Waals surface area contributed by atoms with Gasteiger partial charge in [0.1, 0.15) is 17.3 Å². The lowest BCUT2D eigenvalue weighted by Gasteiger charge is -2.10. The van der Waals surface area contributed by atoms with E-state index in [1.807, 2.05) is 12.1 Å². The zero-order valence-corrected chi connectivity index (χ0v) is 11.4. The molecule has 1 saturated carbocycles. The Hall–Kier alpha value is -1.59. The van der Waals surface area contributed by atoms with Crippen LogP contribution < -0.4 is 10.5 Å². The molecular weight excluding hydrogens is 264 g/mol. The Bertz CT molecular complexity index is 607. The summed E-state index contributed by atoms with van der Waals surface area (Å²) in [6.45, 7) is 0.329. The van der Waals surface area contributed by atoms with E-state index in [1.165, 1.54) is 0 Å².